The van der Waals surface area contributed by atoms with Gasteiger partial charge in [-0.2, -0.15) is 9.97 Å². The van der Waals surface area contributed by atoms with Crippen molar-refractivity contribution in [2.45, 2.75) is 22.8 Å². The van der Waals surface area contributed by atoms with Crippen molar-refractivity contribution in [3.8, 4) is 5.88 Å². The number of hydrogen-bond donors (Lipinski definition) is 3. The summed E-state index contributed by atoms with van der Waals surface area (Å²) in [6.45, 7) is -0.189. The van der Waals surface area contributed by atoms with E-state index in [0.717, 1.165) is 50.1 Å². The quantitative estimate of drug-likeness (QED) is 0.0696. The summed E-state index contributed by atoms with van der Waals surface area (Å²) in [5.74, 6) is 1.03. The number of aliphatic hydroxyl groups excluding tert-OH is 1. The Hall–Kier alpha value is -8.62. The lowest BCUT2D eigenvalue weighted by atomic mass is 9.77. The van der Waals surface area contributed by atoms with E-state index in [2.05, 4.69) is 156 Å². The summed E-state index contributed by atoms with van der Waals surface area (Å²) in [5, 5.41) is 19.8. The predicted molar refractivity (Wildman–Crippen MR) is 284 cm³/mol. The summed E-state index contributed by atoms with van der Waals surface area (Å²) >= 11 is 0. The van der Waals surface area contributed by atoms with Gasteiger partial charge in [0.15, 0.2) is 0 Å². The fourth-order valence-corrected chi connectivity index (χ4v) is 9.76. The first-order valence-electron chi connectivity index (χ1n) is 24.0. The molecule has 0 saturated heterocycles. The van der Waals surface area contributed by atoms with Crippen LogP contribution >= 0.6 is 0 Å². The van der Waals surface area contributed by atoms with Crippen molar-refractivity contribution < 1.29 is 14.6 Å². The average molecular weight is 927 g/mol. The molecule has 0 saturated carbocycles. The highest BCUT2D eigenvalue weighted by Crippen LogP contribution is 2.44. The maximum Gasteiger partial charge on any atom is 0.229 e. The van der Waals surface area contributed by atoms with Gasteiger partial charge in [-0.1, -0.05) is 273 Å². The van der Waals surface area contributed by atoms with Crippen LogP contribution < -0.4 is 15.4 Å². The van der Waals surface area contributed by atoms with E-state index in [4.69, 9.17) is 19.4 Å². The molecule has 1 unspecified atom stereocenters. The molecule has 1 atom stereocenters. The van der Waals surface area contributed by atoms with Crippen LogP contribution in [-0.4, -0.2) is 34.4 Å². The van der Waals surface area contributed by atoms with Gasteiger partial charge in [0.05, 0.1) is 6.61 Å². The van der Waals surface area contributed by atoms with Crippen molar-refractivity contribution in [1.82, 2.24) is 9.97 Å². The number of nitrogens with zero attached hydrogens (tertiary/aromatic N) is 2. The lowest BCUT2D eigenvalue weighted by molar-refractivity contribution is -0.0497. The Balaban J connectivity index is 1.08. The zero-order valence-corrected chi connectivity index (χ0v) is 39.2. The largest absolute Gasteiger partial charge is 0.475 e. The third-order valence-corrected chi connectivity index (χ3v) is 13.0. The molecule has 1 heterocycles. The minimum absolute atomic E-state index is 0.0573. The molecule has 0 bridgehead atoms. The molecule has 1 aromatic heterocycles. The van der Waals surface area contributed by atoms with Crippen molar-refractivity contribution in [3.05, 3.63) is 329 Å². The van der Waals surface area contributed by atoms with Gasteiger partial charge in [-0.15, -0.1) is 0 Å². The molecule has 0 amide bonds. The van der Waals surface area contributed by atoms with Crippen LogP contribution in [-0.2, 0) is 21.4 Å². The van der Waals surface area contributed by atoms with Crippen LogP contribution in [0, 0.1) is 0 Å². The van der Waals surface area contributed by atoms with Crippen LogP contribution in [0.4, 0.5) is 11.8 Å². The van der Waals surface area contributed by atoms with Crippen LogP contribution in [0.25, 0.3) is 0 Å². The average Bonchev–Trinajstić information content (AvgIpc) is 3.46. The van der Waals surface area contributed by atoms with E-state index in [0.29, 0.717) is 11.8 Å². The molecule has 10 rings (SSSR count). The van der Waals surface area contributed by atoms with Gasteiger partial charge in [0, 0.05) is 6.07 Å². The minimum Gasteiger partial charge on any atom is -0.475 e. The highest BCUT2D eigenvalue weighted by molar-refractivity contribution is 5.62. The standard InChI is InChI=1S/C64H54N4O3/c69-58(48-71-64(55-40-22-7-23-41-55,56-42-24-8-25-43-56)57-44-26-9-27-45-57)47-70-60-46-59(67-62(49-28-10-1-11-29-49,50-30-12-2-13-31-50)51-32-14-3-15-33-51)65-61(66-60)68-63(52-34-16-4-17-35-52,53-36-18-5-19-37-53)54-38-20-6-21-39-54/h1-46,58,69H,47-48H2,(H2,65,66,67,68). The summed E-state index contributed by atoms with van der Waals surface area (Å²) in [5.41, 5.74) is 5.87. The van der Waals surface area contributed by atoms with Gasteiger partial charge in [0.1, 0.15) is 35.2 Å². The van der Waals surface area contributed by atoms with E-state index in [-0.39, 0.29) is 19.1 Å². The van der Waals surface area contributed by atoms with Gasteiger partial charge >= 0.3 is 0 Å². The summed E-state index contributed by atoms with van der Waals surface area (Å²) in [6.07, 6.45) is -1.07. The van der Waals surface area contributed by atoms with Gasteiger partial charge < -0.3 is 25.2 Å². The first kappa shape index (κ1) is 46.1. The van der Waals surface area contributed by atoms with E-state index in [1.165, 1.54) is 0 Å². The van der Waals surface area contributed by atoms with E-state index >= 15 is 0 Å². The van der Waals surface area contributed by atoms with Gasteiger partial charge in [-0.3, -0.25) is 0 Å². The van der Waals surface area contributed by atoms with Crippen molar-refractivity contribution in [3.63, 3.8) is 0 Å². The second-order valence-corrected chi connectivity index (χ2v) is 17.4. The lowest BCUT2D eigenvalue weighted by Gasteiger charge is -2.38. The molecule has 0 aliphatic carbocycles. The lowest BCUT2D eigenvalue weighted by Crippen LogP contribution is -2.40. The normalized spacial score (nSPS) is 12.1. The number of hydrogen-bond acceptors (Lipinski definition) is 7. The second-order valence-electron chi connectivity index (χ2n) is 17.4. The molecular formula is C64H54N4O3. The molecule has 3 N–H and O–H groups in total. The van der Waals surface area contributed by atoms with Crippen molar-refractivity contribution in [2.75, 3.05) is 23.8 Å². The van der Waals surface area contributed by atoms with Crippen LogP contribution in [0.5, 0.6) is 5.88 Å². The molecule has 348 valence electrons. The Labute approximate surface area is 416 Å². The van der Waals surface area contributed by atoms with Crippen molar-refractivity contribution in [1.29, 1.82) is 0 Å². The van der Waals surface area contributed by atoms with Crippen LogP contribution in [0.1, 0.15) is 50.1 Å². The van der Waals surface area contributed by atoms with Crippen LogP contribution in [0.2, 0.25) is 0 Å². The van der Waals surface area contributed by atoms with Gasteiger partial charge in [-0.05, 0) is 50.1 Å². The number of nitrogens with one attached hydrogen (secondary N) is 2. The number of rotatable bonds is 19. The maximum absolute atomic E-state index is 12.0. The number of benzene rings is 9. The molecule has 0 radical (unpaired) electrons. The molecular weight excluding hydrogens is 873 g/mol. The Morgan fingerprint density at radius 1 is 0.352 bits per heavy atom. The predicted octanol–water partition coefficient (Wildman–Crippen LogP) is 13.0. The van der Waals surface area contributed by atoms with Gasteiger partial charge in [-0.25, -0.2) is 0 Å². The number of aliphatic hydroxyl groups is 1. The van der Waals surface area contributed by atoms with Crippen molar-refractivity contribution in [2.24, 2.45) is 0 Å². The second kappa shape index (κ2) is 21.3. The molecule has 7 heteroatoms. The number of aromatic nitrogens is 2. The van der Waals surface area contributed by atoms with Gasteiger partial charge in [0.2, 0.25) is 11.8 Å². The van der Waals surface area contributed by atoms with Crippen molar-refractivity contribution >= 4 is 11.8 Å². The SMILES string of the molecule is OC(COc1cc(NC(c2ccccc2)(c2ccccc2)c2ccccc2)nc(NC(c2ccccc2)(c2ccccc2)c2ccccc2)n1)COC(c1ccccc1)(c1ccccc1)c1ccccc1. The summed E-state index contributed by atoms with van der Waals surface area (Å²) in [4.78, 5) is 10.5. The Bertz CT molecular complexity index is 2750. The first-order valence-corrected chi connectivity index (χ1v) is 24.0. The highest BCUT2D eigenvalue weighted by Gasteiger charge is 2.41. The van der Waals surface area contributed by atoms with Crippen LogP contribution in [0.15, 0.2) is 279 Å². The summed E-state index contributed by atoms with van der Waals surface area (Å²) in [7, 11) is 0. The fourth-order valence-electron chi connectivity index (χ4n) is 9.76. The number of anilines is 2. The topological polar surface area (TPSA) is 88.5 Å². The molecule has 0 spiro atoms. The molecule has 9 aromatic carbocycles. The monoisotopic (exact) mass is 926 g/mol. The van der Waals surface area contributed by atoms with Crippen LogP contribution in [0.3, 0.4) is 0 Å². The highest BCUT2D eigenvalue weighted by atomic mass is 16.5. The molecule has 71 heavy (non-hydrogen) atoms. The molecule has 7 nitrogen and oxygen atoms in total. The Morgan fingerprint density at radius 2 is 0.634 bits per heavy atom. The third-order valence-electron chi connectivity index (χ3n) is 13.0. The molecule has 0 fully saturated rings. The Morgan fingerprint density at radius 3 is 0.944 bits per heavy atom. The van der Waals surface area contributed by atoms with E-state index in [9.17, 15) is 5.11 Å². The Kier molecular flexibility index (Phi) is 13.9. The molecule has 10 aromatic rings. The zero-order valence-electron chi connectivity index (χ0n) is 39.2. The minimum atomic E-state index is -1.07. The van der Waals surface area contributed by atoms with E-state index in [1.54, 1.807) is 6.07 Å². The zero-order chi connectivity index (χ0) is 48.2. The van der Waals surface area contributed by atoms with E-state index < -0.39 is 22.8 Å². The summed E-state index contributed by atoms with van der Waals surface area (Å²) in [6, 6.07) is 94.5. The molecule has 0 aliphatic rings. The van der Waals surface area contributed by atoms with Gasteiger partial charge in [0.25, 0.3) is 0 Å². The molecule has 0 aliphatic heterocycles. The van der Waals surface area contributed by atoms with E-state index in [1.807, 2.05) is 127 Å². The first-order chi connectivity index (χ1) is 35.1. The summed E-state index contributed by atoms with van der Waals surface area (Å²) < 4.78 is 13.7. The number of ether oxygens (including phenoxy) is 2. The smallest absolute Gasteiger partial charge is 0.229 e. The maximum atomic E-state index is 12.0. The fraction of sp³-hybridized carbons (Fsp3) is 0.0938. The third kappa shape index (κ3) is 9.57.